The van der Waals surface area contributed by atoms with Crippen LogP contribution in [0.5, 0.6) is 0 Å². The Morgan fingerprint density at radius 1 is 1.11 bits per heavy atom. The Balaban J connectivity index is 1.53. The van der Waals surface area contributed by atoms with Crippen LogP contribution in [0.15, 0.2) is 24.3 Å². The van der Waals surface area contributed by atoms with E-state index >= 15 is 0 Å². The molecule has 0 spiro atoms. The van der Waals surface area contributed by atoms with Crippen LogP contribution in [0.2, 0.25) is 0 Å². The summed E-state index contributed by atoms with van der Waals surface area (Å²) in [6.45, 7) is 3.71. The first-order valence-corrected chi connectivity index (χ1v) is 7.19. The Labute approximate surface area is 118 Å². The molecule has 1 saturated heterocycles. The minimum atomic E-state index is -0.183. The minimum absolute atomic E-state index is 0.183. The van der Waals surface area contributed by atoms with Crippen LogP contribution in [0, 0.1) is 5.82 Å². The Morgan fingerprint density at radius 3 is 2.32 bits per heavy atom. The Hall–Kier alpha value is -1.36. The minimum Gasteiger partial charge on any atom is -0.368 e. The quantitative estimate of drug-likeness (QED) is 0.834. The third-order valence-electron chi connectivity index (χ3n) is 3.66. The lowest BCUT2D eigenvalue weighted by molar-refractivity contribution is 0.380. The molecule has 1 aliphatic carbocycles. The van der Waals surface area contributed by atoms with E-state index in [4.69, 9.17) is 12.2 Å². The molecule has 1 heterocycles. The van der Waals surface area contributed by atoms with Gasteiger partial charge in [-0.05, 0) is 49.3 Å². The van der Waals surface area contributed by atoms with Crippen LogP contribution < -0.4 is 10.2 Å². The summed E-state index contributed by atoms with van der Waals surface area (Å²) in [6.07, 6.45) is 2.49. The first-order chi connectivity index (χ1) is 9.22. The Bertz CT molecular complexity index is 450. The fraction of sp³-hybridized carbons (Fsp3) is 0.500. The van der Waals surface area contributed by atoms with Crippen molar-refractivity contribution in [3.8, 4) is 0 Å². The van der Waals surface area contributed by atoms with Crippen molar-refractivity contribution in [2.45, 2.75) is 18.9 Å². The molecule has 1 saturated carbocycles. The summed E-state index contributed by atoms with van der Waals surface area (Å²) >= 11 is 5.41. The monoisotopic (exact) mass is 279 g/mol. The first kappa shape index (κ1) is 12.7. The fourth-order valence-electron chi connectivity index (χ4n) is 2.31. The molecule has 0 atom stereocenters. The van der Waals surface area contributed by atoms with Gasteiger partial charge in [0.2, 0.25) is 0 Å². The highest BCUT2D eigenvalue weighted by Gasteiger charge is 2.25. The number of nitrogens with one attached hydrogen (secondary N) is 1. The molecule has 1 aliphatic heterocycles. The maximum absolute atomic E-state index is 12.9. The van der Waals surface area contributed by atoms with E-state index in [1.807, 2.05) is 12.1 Å². The predicted octanol–water partition coefficient (Wildman–Crippen LogP) is 1.98. The summed E-state index contributed by atoms with van der Waals surface area (Å²) in [4.78, 5) is 4.50. The molecular formula is C14H18FN3S. The molecule has 1 N–H and O–H groups in total. The Kier molecular flexibility index (Phi) is 3.55. The van der Waals surface area contributed by atoms with Crippen molar-refractivity contribution in [2.24, 2.45) is 0 Å². The molecule has 3 rings (SSSR count). The van der Waals surface area contributed by atoms with E-state index in [1.165, 1.54) is 25.0 Å². The lowest BCUT2D eigenvalue weighted by atomic mass is 10.2. The van der Waals surface area contributed by atoms with Gasteiger partial charge in [-0.2, -0.15) is 0 Å². The van der Waals surface area contributed by atoms with Gasteiger partial charge in [0.15, 0.2) is 5.11 Å². The third-order valence-corrected chi connectivity index (χ3v) is 4.04. The second-order valence-corrected chi connectivity index (χ2v) is 5.56. The van der Waals surface area contributed by atoms with Crippen LogP contribution in [-0.4, -0.2) is 42.2 Å². The van der Waals surface area contributed by atoms with Gasteiger partial charge in [-0.1, -0.05) is 0 Å². The van der Waals surface area contributed by atoms with Crippen molar-refractivity contribution in [1.29, 1.82) is 0 Å². The van der Waals surface area contributed by atoms with Gasteiger partial charge in [-0.25, -0.2) is 4.39 Å². The maximum atomic E-state index is 12.9. The van der Waals surface area contributed by atoms with Crippen molar-refractivity contribution >= 4 is 23.0 Å². The van der Waals surface area contributed by atoms with Crippen LogP contribution >= 0.6 is 12.2 Å². The topological polar surface area (TPSA) is 18.5 Å². The van der Waals surface area contributed by atoms with Crippen molar-refractivity contribution in [3.05, 3.63) is 30.1 Å². The third kappa shape index (κ3) is 3.15. The van der Waals surface area contributed by atoms with Gasteiger partial charge in [-0.15, -0.1) is 0 Å². The second kappa shape index (κ2) is 5.33. The molecule has 2 aliphatic rings. The maximum Gasteiger partial charge on any atom is 0.169 e. The number of nitrogens with zero attached hydrogens (tertiary/aromatic N) is 2. The number of thiocarbonyl (C=S) groups is 1. The number of rotatable bonds is 2. The lowest BCUT2D eigenvalue weighted by Gasteiger charge is -2.37. The van der Waals surface area contributed by atoms with Crippen LogP contribution in [0.4, 0.5) is 10.1 Å². The molecule has 19 heavy (non-hydrogen) atoms. The highest BCUT2D eigenvalue weighted by Crippen LogP contribution is 2.20. The zero-order chi connectivity index (χ0) is 13.2. The van der Waals surface area contributed by atoms with Gasteiger partial charge >= 0.3 is 0 Å². The molecule has 0 bridgehead atoms. The van der Waals surface area contributed by atoms with E-state index in [0.29, 0.717) is 6.04 Å². The van der Waals surface area contributed by atoms with Gasteiger partial charge in [-0.3, -0.25) is 0 Å². The summed E-state index contributed by atoms with van der Waals surface area (Å²) in [6, 6.07) is 7.32. The highest BCUT2D eigenvalue weighted by molar-refractivity contribution is 7.80. The van der Waals surface area contributed by atoms with Gasteiger partial charge in [0.25, 0.3) is 0 Å². The standard InChI is InChI=1S/C14H18FN3S/c15-11-1-5-13(6-2-11)17-7-9-18(10-8-17)14(19)16-12-3-4-12/h1-2,5-6,12H,3-4,7-10H2,(H,16,19). The summed E-state index contributed by atoms with van der Waals surface area (Å²) in [5, 5.41) is 4.26. The molecule has 0 radical (unpaired) electrons. The summed E-state index contributed by atoms with van der Waals surface area (Å²) < 4.78 is 12.9. The van der Waals surface area contributed by atoms with E-state index in [-0.39, 0.29) is 5.82 Å². The zero-order valence-corrected chi connectivity index (χ0v) is 11.6. The van der Waals surface area contributed by atoms with E-state index in [1.54, 1.807) is 0 Å². The molecule has 0 amide bonds. The van der Waals surface area contributed by atoms with Gasteiger partial charge in [0.1, 0.15) is 5.82 Å². The smallest absolute Gasteiger partial charge is 0.169 e. The van der Waals surface area contributed by atoms with E-state index in [0.717, 1.165) is 37.0 Å². The summed E-state index contributed by atoms with van der Waals surface area (Å²) in [7, 11) is 0. The molecule has 1 aromatic carbocycles. The van der Waals surface area contributed by atoms with Crippen LogP contribution in [-0.2, 0) is 0 Å². The molecular weight excluding hydrogens is 261 g/mol. The fourth-order valence-corrected chi connectivity index (χ4v) is 2.66. The van der Waals surface area contributed by atoms with Gasteiger partial charge in [0, 0.05) is 37.9 Å². The average Bonchev–Trinajstić information content (AvgIpc) is 3.24. The molecule has 0 unspecified atom stereocenters. The van der Waals surface area contributed by atoms with Crippen LogP contribution in [0.1, 0.15) is 12.8 Å². The molecule has 5 heteroatoms. The van der Waals surface area contributed by atoms with Crippen LogP contribution in [0.3, 0.4) is 0 Å². The Morgan fingerprint density at radius 2 is 1.74 bits per heavy atom. The second-order valence-electron chi connectivity index (χ2n) is 5.17. The summed E-state index contributed by atoms with van der Waals surface area (Å²) in [5.41, 5.74) is 1.09. The van der Waals surface area contributed by atoms with E-state index < -0.39 is 0 Å². The SMILES string of the molecule is Fc1ccc(N2CCN(C(=S)NC3CC3)CC2)cc1. The van der Waals surface area contributed by atoms with Gasteiger partial charge in [0.05, 0.1) is 0 Å². The van der Waals surface area contributed by atoms with E-state index in [2.05, 4.69) is 15.1 Å². The van der Waals surface area contributed by atoms with Crippen molar-refractivity contribution in [1.82, 2.24) is 10.2 Å². The van der Waals surface area contributed by atoms with Crippen molar-refractivity contribution in [2.75, 3.05) is 31.1 Å². The molecule has 2 fully saturated rings. The molecule has 0 aromatic heterocycles. The number of benzene rings is 1. The first-order valence-electron chi connectivity index (χ1n) is 6.78. The van der Waals surface area contributed by atoms with Gasteiger partial charge < -0.3 is 15.1 Å². The number of piperazine rings is 1. The molecule has 1 aromatic rings. The number of hydrogen-bond acceptors (Lipinski definition) is 2. The molecule has 102 valence electrons. The molecule has 3 nitrogen and oxygen atoms in total. The van der Waals surface area contributed by atoms with Crippen molar-refractivity contribution in [3.63, 3.8) is 0 Å². The highest BCUT2D eigenvalue weighted by atomic mass is 32.1. The van der Waals surface area contributed by atoms with Crippen LogP contribution in [0.25, 0.3) is 0 Å². The number of anilines is 1. The zero-order valence-electron chi connectivity index (χ0n) is 10.8. The average molecular weight is 279 g/mol. The number of halogens is 1. The predicted molar refractivity (Wildman–Crippen MR) is 78.9 cm³/mol. The normalized spacial score (nSPS) is 19.4. The largest absolute Gasteiger partial charge is 0.368 e. The van der Waals surface area contributed by atoms with Crippen molar-refractivity contribution < 1.29 is 4.39 Å². The van der Waals surface area contributed by atoms with E-state index in [9.17, 15) is 4.39 Å². The lowest BCUT2D eigenvalue weighted by Crippen LogP contribution is -2.52. The summed E-state index contributed by atoms with van der Waals surface area (Å²) in [5.74, 6) is -0.183. The number of hydrogen-bond donors (Lipinski definition) is 1.